The van der Waals surface area contributed by atoms with Crippen molar-refractivity contribution >= 4 is 19.8 Å². The molecule has 0 aliphatic carbocycles. The number of hydrogen-bond donors (Lipinski definition) is 2. The minimum atomic E-state index is -4.40. The third-order valence-corrected chi connectivity index (χ3v) is 17.8. The van der Waals surface area contributed by atoms with Gasteiger partial charge in [-0.25, -0.2) is 4.57 Å². The first kappa shape index (κ1) is 89.4. The summed E-state index contributed by atoms with van der Waals surface area (Å²) >= 11 is 0. The van der Waals surface area contributed by atoms with Gasteiger partial charge in [0.2, 0.25) is 0 Å². The first-order valence-corrected chi connectivity index (χ1v) is 40.5. The fraction of sp³-hybridized carbons (Fsp3) is 0.735. The van der Waals surface area contributed by atoms with E-state index in [-0.39, 0.29) is 38.6 Å². The molecule has 9 nitrogen and oxygen atoms in total. The van der Waals surface area contributed by atoms with Crippen LogP contribution in [0.2, 0.25) is 0 Å². The number of nitrogens with two attached hydrogens (primary N) is 1. The molecule has 0 bridgehead atoms. The summed E-state index contributed by atoms with van der Waals surface area (Å²) in [6.45, 7) is 3.56. The molecule has 0 aromatic heterocycles. The van der Waals surface area contributed by atoms with Crippen LogP contribution in [0.15, 0.2) is 122 Å². The Morgan fingerprint density at radius 2 is 0.559 bits per heavy atom. The molecule has 0 amide bonds. The number of rotatable bonds is 73. The lowest BCUT2D eigenvalue weighted by Crippen LogP contribution is -2.29. The van der Waals surface area contributed by atoms with Crippen molar-refractivity contribution in [1.29, 1.82) is 0 Å². The van der Waals surface area contributed by atoms with Crippen LogP contribution in [0, 0.1) is 0 Å². The molecule has 0 saturated heterocycles. The van der Waals surface area contributed by atoms with Crippen LogP contribution in [-0.4, -0.2) is 49.3 Å². The Hall–Kier alpha value is -3.59. The molecule has 0 heterocycles. The van der Waals surface area contributed by atoms with Gasteiger partial charge in [0.15, 0.2) is 6.10 Å². The van der Waals surface area contributed by atoms with Crippen molar-refractivity contribution in [2.45, 2.75) is 367 Å². The standard InChI is InChI=1S/C83H146NO8P/c1-3-5-7-9-11-13-15-17-19-21-23-25-27-29-31-33-35-37-39-40-42-44-46-48-50-52-54-56-58-60-62-64-66-68-70-72-74-76-83(86)92-81(80-91-93(87,88)90-78-77-84)79-89-82(85)75-73-71-69-67-65-63-61-59-57-55-53-51-49-47-45-43-41-38-36-34-32-30-28-26-24-22-20-18-16-14-12-10-8-6-4-2/h5-8,11-14,17-20,23-26,29,31,35,37,81H,3-4,9-10,15-16,21-22,27-28,30,32-34,36,38-80,84H2,1-2H3,(H,87,88)/b7-5-,8-6-,13-11-,14-12-,19-17-,20-18-,25-23-,26-24-,31-29-,37-35-. The number of carbonyl (C=O) groups excluding carboxylic acids is 2. The maximum atomic E-state index is 12.8. The minimum absolute atomic E-state index is 0.0521. The highest BCUT2D eigenvalue weighted by molar-refractivity contribution is 7.47. The number of carbonyl (C=O) groups is 2. The third-order valence-electron chi connectivity index (χ3n) is 16.8. The van der Waals surface area contributed by atoms with E-state index in [9.17, 15) is 19.0 Å². The van der Waals surface area contributed by atoms with Crippen LogP contribution in [0.3, 0.4) is 0 Å². The number of allylic oxidation sites excluding steroid dienone is 20. The zero-order valence-electron chi connectivity index (χ0n) is 60.5. The second kappa shape index (κ2) is 77.4. The number of phosphoric acid groups is 1. The lowest BCUT2D eigenvalue weighted by molar-refractivity contribution is -0.161. The molecule has 0 radical (unpaired) electrons. The molecule has 0 spiro atoms. The third kappa shape index (κ3) is 77.3. The molecule has 0 saturated carbocycles. The number of phosphoric ester groups is 1. The van der Waals surface area contributed by atoms with Gasteiger partial charge in [-0.1, -0.05) is 367 Å². The lowest BCUT2D eigenvalue weighted by atomic mass is 10.0. The highest BCUT2D eigenvalue weighted by atomic mass is 31.2. The second-order valence-corrected chi connectivity index (χ2v) is 27.3. The van der Waals surface area contributed by atoms with Crippen molar-refractivity contribution in [2.24, 2.45) is 5.73 Å². The van der Waals surface area contributed by atoms with Crippen LogP contribution >= 0.6 is 7.82 Å². The zero-order valence-corrected chi connectivity index (χ0v) is 61.4. The summed E-state index contributed by atoms with van der Waals surface area (Å²) in [5, 5.41) is 0. The highest BCUT2D eigenvalue weighted by Crippen LogP contribution is 2.43. The lowest BCUT2D eigenvalue weighted by Gasteiger charge is -2.19. The van der Waals surface area contributed by atoms with Crippen molar-refractivity contribution < 1.29 is 37.6 Å². The summed E-state index contributed by atoms with van der Waals surface area (Å²) in [6.07, 6.45) is 109. The van der Waals surface area contributed by atoms with E-state index in [0.29, 0.717) is 6.42 Å². The van der Waals surface area contributed by atoms with Gasteiger partial charge in [-0.2, -0.15) is 0 Å². The van der Waals surface area contributed by atoms with E-state index in [1.54, 1.807) is 0 Å². The summed E-state index contributed by atoms with van der Waals surface area (Å²) in [5.74, 6) is -0.813. The summed E-state index contributed by atoms with van der Waals surface area (Å²) < 4.78 is 33.3. The first-order valence-electron chi connectivity index (χ1n) is 39.0. The fourth-order valence-corrected chi connectivity index (χ4v) is 11.9. The van der Waals surface area contributed by atoms with E-state index in [0.717, 1.165) is 103 Å². The highest BCUT2D eigenvalue weighted by Gasteiger charge is 2.26. The summed E-state index contributed by atoms with van der Waals surface area (Å²) in [7, 11) is -4.40. The van der Waals surface area contributed by atoms with Crippen LogP contribution in [0.25, 0.3) is 0 Å². The Labute approximate surface area is 574 Å². The Balaban J connectivity index is 3.80. The Morgan fingerprint density at radius 3 is 0.828 bits per heavy atom. The SMILES string of the molecule is CC/C=C\C/C=C\C/C=C\C/C=C\C/C=C\C/C=C\CCCCCCCCCCCCCCCCCCCCC(=O)OC(COC(=O)CCCCCCCCCCCCCCCCCCCCCCCC/C=C\C/C=C\C/C=C\C/C=C\CC)COP(=O)(O)OCCN. The Bertz CT molecular complexity index is 1950. The molecule has 0 fully saturated rings. The van der Waals surface area contributed by atoms with Gasteiger partial charge in [-0.15, -0.1) is 0 Å². The van der Waals surface area contributed by atoms with Crippen LogP contribution < -0.4 is 5.73 Å². The predicted octanol–water partition coefficient (Wildman–Crippen LogP) is 26.2. The quantitative estimate of drug-likeness (QED) is 0.0264. The molecule has 536 valence electrons. The molecular weight excluding hydrogens is 1170 g/mol. The molecule has 2 atom stereocenters. The Kier molecular flexibility index (Phi) is 74.4. The molecule has 3 N–H and O–H groups in total. The molecule has 0 aromatic carbocycles. The molecule has 0 aliphatic rings. The van der Waals surface area contributed by atoms with E-state index in [2.05, 4.69) is 135 Å². The topological polar surface area (TPSA) is 134 Å². The molecule has 93 heavy (non-hydrogen) atoms. The number of hydrogen-bond acceptors (Lipinski definition) is 8. The largest absolute Gasteiger partial charge is 0.472 e. The fourth-order valence-electron chi connectivity index (χ4n) is 11.2. The summed E-state index contributed by atoms with van der Waals surface area (Å²) in [5.41, 5.74) is 5.41. The second-order valence-electron chi connectivity index (χ2n) is 25.8. The van der Waals surface area contributed by atoms with Gasteiger partial charge in [0.25, 0.3) is 0 Å². The van der Waals surface area contributed by atoms with E-state index < -0.39 is 26.5 Å². The minimum Gasteiger partial charge on any atom is -0.462 e. The zero-order chi connectivity index (χ0) is 67.2. The van der Waals surface area contributed by atoms with Gasteiger partial charge in [0.05, 0.1) is 13.2 Å². The van der Waals surface area contributed by atoms with Crippen molar-refractivity contribution in [1.82, 2.24) is 0 Å². The average molecular weight is 1320 g/mol. The van der Waals surface area contributed by atoms with Gasteiger partial charge < -0.3 is 20.1 Å². The molecule has 0 rings (SSSR count). The Morgan fingerprint density at radius 1 is 0.323 bits per heavy atom. The smallest absolute Gasteiger partial charge is 0.462 e. The summed E-state index contributed by atoms with van der Waals surface area (Å²) in [6, 6.07) is 0. The average Bonchev–Trinajstić information content (AvgIpc) is 3.04. The van der Waals surface area contributed by atoms with Gasteiger partial charge in [0.1, 0.15) is 6.61 Å². The summed E-state index contributed by atoms with van der Waals surface area (Å²) in [4.78, 5) is 35.5. The van der Waals surface area contributed by atoms with Gasteiger partial charge in [0, 0.05) is 19.4 Å². The first-order chi connectivity index (χ1) is 45.8. The predicted molar refractivity (Wildman–Crippen MR) is 404 cm³/mol. The normalized spacial score (nSPS) is 13.5. The molecule has 0 aliphatic heterocycles. The van der Waals surface area contributed by atoms with E-state index in [1.807, 2.05) is 0 Å². The van der Waals surface area contributed by atoms with Crippen LogP contribution in [-0.2, 0) is 32.7 Å². The number of unbranched alkanes of at least 4 members (excludes halogenated alkanes) is 40. The maximum Gasteiger partial charge on any atom is 0.472 e. The molecular formula is C83H146NO8P. The van der Waals surface area contributed by atoms with E-state index >= 15 is 0 Å². The van der Waals surface area contributed by atoms with Crippen molar-refractivity contribution in [3.05, 3.63) is 122 Å². The number of esters is 2. The molecule has 10 heteroatoms. The monoisotopic (exact) mass is 1320 g/mol. The number of ether oxygens (including phenoxy) is 2. The van der Waals surface area contributed by atoms with Crippen LogP contribution in [0.4, 0.5) is 0 Å². The van der Waals surface area contributed by atoms with E-state index in [1.165, 1.54) is 225 Å². The van der Waals surface area contributed by atoms with Gasteiger partial charge in [-0.3, -0.25) is 18.6 Å². The van der Waals surface area contributed by atoms with Crippen molar-refractivity contribution in [3.63, 3.8) is 0 Å². The van der Waals surface area contributed by atoms with Crippen LogP contribution in [0.1, 0.15) is 361 Å². The maximum absolute atomic E-state index is 12.8. The molecule has 0 aromatic rings. The van der Waals surface area contributed by atoms with Crippen LogP contribution in [0.5, 0.6) is 0 Å². The van der Waals surface area contributed by atoms with E-state index in [4.69, 9.17) is 24.3 Å². The van der Waals surface area contributed by atoms with Gasteiger partial charge in [-0.05, 0) is 103 Å². The van der Waals surface area contributed by atoms with Crippen molar-refractivity contribution in [2.75, 3.05) is 26.4 Å². The van der Waals surface area contributed by atoms with Crippen molar-refractivity contribution in [3.8, 4) is 0 Å². The van der Waals surface area contributed by atoms with Gasteiger partial charge >= 0.3 is 19.8 Å². The molecule has 2 unspecified atom stereocenters.